The first-order valence-corrected chi connectivity index (χ1v) is 8.11. The number of carbonyl (C=O) groups excluding carboxylic acids is 2. The molecule has 0 aliphatic rings. The number of nitro groups is 1. The second kappa shape index (κ2) is 9.45. The monoisotopic (exact) mass is 376 g/mol. The Morgan fingerprint density at radius 2 is 1.68 bits per heavy atom. The van der Waals surface area contributed by atoms with Crippen LogP contribution in [0.15, 0.2) is 66.3 Å². The Hall–Kier alpha value is -4.25. The molecule has 0 aromatic heterocycles. The molecular weight excluding hydrogens is 360 g/mol. The lowest BCUT2D eigenvalue weighted by atomic mass is 10.1. The van der Waals surface area contributed by atoms with Gasteiger partial charge in [0.15, 0.2) is 0 Å². The number of nitriles is 1. The van der Waals surface area contributed by atoms with E-state index >= 15 is 0 Å². The van der Waals surface area contributed by atoms with Crippen LogP contribution in [0.4, 0.5) is 17.1 Å². The minimum absolute atomic E-state index is 0.0747. The van der Waals surface area contributed by atoms with E-state index in [1.807, 2.05) is 0 Å². The molecule has 2 aromatic rings. The highest BCUT2D eigenvalue weighted by Crippen LogP contribution is 2.19. The van der Waals surface area contributed by atoms with Gasteiger partial charge in [-0.3, -0.25) is 19.7 Å². The van der Waals surface area contributed by atoms with E-state index in [0.717, 1.165) is 0 Å². The van der Waals surface area contributed by atoms with E-state index in [-0.39, 0.29) is 17.2 Å². The van der Waals surface area contributed by atoms with Crippen molar-refractivity contribution < 1.29 is 14.5 Å². The number of para-hydroxylation sites is 1. The number of hydrogen-bond acceptors (Lipinski definition) is 5. The summed E-state index contributed by atoms with van der Waals surface area (Å²) in [6.07, 6.45) is 4.13. The van der Waals surface area contributed by atoms with Crippen LogP contribution in [-0.2, 0) is 9.59 Å². The van der Waals surface area contributed by atoms with Gasteiger partial charge in [0.05, 0.1) is 10.5 Å². The first-order chi connectivity index (χ1) is 13.4. The highest BCUT2D eigenvalue weighted by molar-refractivity contribution is 6.07. The van der Waals surface area contributed by atoms with Crippen molar-refractivity contribution >= 4 is 35.0 Å². The Morgan fingerprint density at radius 1 is 1.07 bits per heavy atom. The summed E-state index contributed by atoms with van der Waals surface area (Å²) in [5.41, 5.74) is 1.14. The van der Waals surface area contributed by atoms with Gasteiger partial charge in [0.1, 0.15) is 11.6 Å². The molecule has 0 aliphatic heterocycles. The highest BCUT2D eigenvalue weighted by Gasteiger charge is 2.10. The lowest BCUT2D eigenvalue weighted by Gasteiger charge is -2.06. The van der Waals surface area contributed by atoms with Crippen molar-refractivity contribution in [1.82, 2.24) is 0 Å². The Balaban J connectivity index is 2.10. The molecule has 2 N–H and O–H groups in total. The second-order valence-corrected chi connectivity index (χ2v) is 5.58. The minimum Gasteiger partial charge on any atom is -0.326 e. The number of amides is 2. The first-order valence-electron chi connectivity index (χ1n) is 8.11. The van der Waals surface area contributed by atoms with Crippen molar-refractivity contribution in [2.45, 2.75) is 6.92 Å². The van der Waals surface area contributed by atoms with Crippen molar-refractivity contribution in [3.8, 4) is 6.07 Å². The molecule has 2 amide bonds. The number of hydrogen-bond donors (Lipinski definition) is 2. The SMILES string of the molecule is CC(=O)Nc1ccc(NC(=O)/C(C#N)=C/C=C/c2ccccc2[N+](=O)[O-])cc1. The molecule has 140 valence electrons. The van der Waals surface area contributed by atoms with Gasteiger partial charge in [-0.2, -0.15) is 5.26 Å². The Morgan fingerprint density at radius 3 is 2.25 bits per heavy atom. The summed E-state index contributed by atoms with van der Waals surface area (Å²) in [6.45, 7) is 1.39. The zero-order chi connectivity index (χ0) is 20.5. The zero-order valence-corrected chi connectivity index (χ0v) is 14.9. The maximum absolute atomic E-state index is 12.2. The molecule has 0 spiro atoms. The molecule has 0 saturated heterocycles. The van der Waals surface area contributed by atoms with Gasteiger partial charge in [-0.05, 0) is 42.5 Å². The molecule has 0 fully saturated rings. The number of nitro benzene ring substituents is 1. The first kappa shape index (κ1) is 20.1. The van der Waals surface area contributed by atoms with Crippen LogP contribution in [0.1, 0.15) is 12.5 Å². The summed E-state index contributed by atoms with van der Waals surface area (Å²) in [5.74, 6) is -0.834. The smallest absolute Gasteiger partial charge is 0.276 e. The maximum Gasteiger partial charge on any atom is 0.276 e. The maximum atomic E-state index is 12.2. The van der Waals surface area contributed by atoms with Crippen molar-refractivity contribution in [2.75, 3.05) is 10.6 Å². The predicted octanol–water partition coefficient (Wildman–Crippen LogP) is 3.66. The van der Waals surface area contributed by atoms with Crippen molar-refractivity contribution in [1.29, 1.82) is 5.26 Å². The van der Waals surface area contributed by atoms with Crippen LogP contribution in [0.25, 0.3) is 6.08 Å². The molecule has 28 heavy (non-hydrogen) atoms. The van der Waals surface area contributed by atoms with E-state index in [9.17, 15) is 25.0 Å². The van der Waals surface area contributed by atoms with Crippen molar-refractivity contribution in [3.05, 3.63) is 81.9 Å². The number of rotatable bonds is 6. The van der Waals surface area contributed by atoms with Gasteiger partial charge in [0, 0.05) is 24.4 Å². The van der Waals surface area contributed by atoms with Crippen LogP contribution in [-0.4, -0.2) is 16.7 Å². The average molecular weight is 376 g/mol. The third-order valence-corrected chi connectivity index (χ3v) is 3.50. The predicted molar refractivity (Wildman–Crippen MR) is 105 cm³/mol. The van der Waals surface area contributed by atoms with Crippen LogP contribution in [0.2, 0.25) is 0 Å². The van der Waals surface area contributed by atoms with Gasteiger partial charge in [-0.25, -0.2) is 0 Å². The van der Waals surface area contributed by atoms with E-state index in [0.29, 0.717) is 16.9 Å². The lowest BCUT2D eigenvalue weighted by Crippen LogP contribution is -2.13. The van der Waals surface area contributed by atoms with Gasteiger partial charge in [0.25, 0.3) is 11.6 Å². The summed E-state index contributed by atoms with van der Waals surface area (Å²) in [7, 11) is 0. The second-order valence-electron chi connectivity index (χ2n) is 5.58. The highest BCUT2D eigenvalue weighted by atomic mass is 16.6. The summed E-state index contributed by atoms with van der Waals surface area (Å²) in [5, 5.41) is 25.3. The van der Waals surface area contributed by atoms with Crippen molar-refractivity contribution in [2.24, 2.45) is 0 Å². The molecule has 0 unspecified atom stereocenters. The third-order valence-electron chi connectivity index (χ3n) is 3.50. The fourth-order valence-electron chi connectivity index (χ4n) is 2.25. The molecule has 2 aromatic carbocycles. The zero-order valence-electron chi connectivity index (χ0n) is 14.9. The number of carbonyl (C=O) groups is 2. The normalized spacial score (nSPS) is 10.9. The van der Waals surface area contributed by atoms with Gasteiger partial charge < -0.3 is 10.6 Å². The summed E-state index contributed by atoms with van der Waals surface area (Å²) < 4.78 is 0. The van der Waals surface area contributed by atoms with Crippen LogP contribution in [0.5, 0.6) is 0 Å². The van der Waals surface area contributed by atoms with E-state index in [2.05, 4.69) is 10.6 Å². The molecule has 0 heterocycles. The van der Waals surface area contributed by atoms with E-state index in [1.54, 1.807) is 48.5 Å². The van der Waals surface area contributed by atoms with Gasteiger partial charge in [-0.15, -0.1) is 0 Å². The Labute approximate surface area is 160 Å². The summed E-state index contributed by atoms with van der Waals surface area (Å²) >= 11 is 0. The van der Waals surface area contributed by atoms with E-state index in [1.165, 1.54) is 31.2 Å². The Kier molecular flexibility index (Phi) is 6.77. The fourth-order valence-corrected chi connectivity index (χ4v) is 2.25. The number of allylic oxidation sites excluding steroid dienone is 2. The summed E-state index contributed by atoms with van der Waals surface area (Å²) in [4.78, 5) is 33.7. The molecule has 0 radical (unpaired) electrons. The number of nitrogens with one attached hydrogen (secondary N) is 2. The van der Waals surface area contributed by atoms with Crippen LogP contribution in [0.3, 0.4) is 0 Å². The lowest BCUT2D eigenvalue weighted by molar-refractivity contribution is -0.385. The molecule has 8 nitrogen and oxygen atoms in total. The molecule has 2 rings (SSSR count). The van der Waals surface area contributed by atoms with Crippen LogP contribution in [0, 0.1) is 21.4 Å². The minimum atomic E-state index is -0.623. The molecular formula is C20H16N4O4. The molecule has 0 saturated carbocycles. The molecule has 0 atom stereocenters. The van der Waals surface area contributed by atoms with Gasteiger partial charge in [0.2, 0.25) is 5.91 Å². The number of benzene rings is 2. The van der Waals surface area contributed by atoms with Crippen LogP contribution < -0.4 is 10.6 Å². The number of nitrogens with zero attached hydrogens (tertiary/aromatic N) is 2. The summed E-state index contributed by atoms with van der Waals surface area (Å²) in [6, 6.07) is 14.3. The van der Waals surface area contributed by atoms with Gasteiger partial charge in [-0.1, -0.05) is 18.2 Å². The van der Waals surface area contributed by atoms with Crippen LogP contribution >= 0.6 is 0 Å². The quantitative estimate of drug-likeness (QED) is 0.262. The topological polar surface area (TPSA) is 125 Å². The Bertz CT molecular complexity index is 1000. The third kappa shape index (κ3) is 5.64. The van der Waals surface area contributed by atoms with Gasteiger partial charge >= 0.3 is 0 Å². The molecule has 8 heteroatoms. The van der Waals surface area contributed by atoms with E-state index < -0.39 is 10.8 Å². The molecule has 0 bridgehead atoms. The largest absolute Gasteiger partial charge is 0.326 e. The molecule has 0 aliphatic carbocycles. The number of anilines is 2. The fraction of sp³-hybridized carbons (Fsp3) is 0.0500. The van der Waals surface area contributed by atoms with Crippen molar-refractivity contribution in [3.63, 3.8) is 0 Å². The standard InChI is InChI=1S/C20H16N4O4/c1-14(25)22-17-9-11-18(12-10-17)23-20(26)16(13-21)7-4-6-15-5-2-3-8-19(15)24(27)28/h2-12H,1H3,(H,22,25)(H,23,26)/b6-4+,16-7+. The average Bonchev–Trinajstić information content (AvgIpc) is 2.66. The van der Waals surface area contributed by atoms with E-state index in [4.69, 9.17) is 0 Å².